The van der Waals surface area contributed by atoms with Crippen LogP contribution in [0, 0.1) is 0 Å². The van der Waals surface area contributed by atoms with Crippen molar-refractivity contribution in [2.75, 3.05) is 0 Å². The van der Waals surface area contributed by atoms with Gasteiger partial charge in [-0.15, -0.1) is 0 Å². The quantitative estimate of drug-likeness (QED) is 0.653. The van der Waals surface area contributed by atoms with Gasteiger partial charge in [0.15, 0.2) is 0 Å². The minimum Gasteiger partial charge on any atom is -0.255 e. The molecule has 2 heterocycles. The molecule has 0 aliphatic carbocycles. The second-order valence-corrected chi connectivity index (χ2v) is 2.43. The summed E-state index contributed by atoms with van der Waals surface area (Å²) in [6, 6.07) is 11.6. The summed E-state index contributed by atoms with van der Waals surface area (Å²) < 4.78 is 0. The second-order valence-electron chi connectivity index (χ2n) is 2.43. The average molecular weight is 202 g/mol. The van der Waals surface area contributed by atoms with Crippen LogP contribution < -0.4 is 0 Å². The van der Waals surface area contributed by atoms with Gasteiger partial charge in [0.25, 0.3) is 0 Å². The molecule has 2 radical (unpaired) electrons. The molecule has 0 N–H and O–H groups in total. The Bertz CT molecular complexity index is 314. The molecule has 60 valence electrons. The molecule has 0 atom stereocenters. The molecule has 4 heteroatoms. The number of aromatic nitrogens is 2. The summed E-state index contributed by atoms with van der Waals surface area (Å²) >= 11 is 0. The molecular weight excluding hydrogens is 194 g/mol. The van der Waals surface area contributed by atoms with Gasteiger partial charge in [-0.3, -0.25) is 9.97 Å². The molecule has 14 heavy (non-hydrogen) atoms. The molecule has 0 aliphatic rings. The maximum absolute atomic E-state index is 4.19. The molecule has 0 bridgehead atoms. The Morgan fingerprint density at radius 1 is 0.643 bits per heavy atom. The summed E-state index contributed by atoms with van der Waals surface area (Å²) in [5.74, 6) is 0. The molecule has 0 aliphatic heterocycles. The molecule has 0 saturated heterocycles. The van der Waals surface area contributed by atoms with E-state index in [9.17, 15) is 0 Å². The first-order valence-corrected chi connectivity index (χ1v) is 3.79. The van der Waals surface area contributed by atoms with E-state index in [1.807, 2.05) is 36.4 Å². The third-order valence-corrected chi connectivity index (χ3v) is 1.59. The van der Waals surface area contributed by atoms with Gasteiger partial charge < -0.3 is 0 Å². The zero-order valence-corrected chi connectivity index (χ0v) is 12.5. The van der Waals surface area contributed by atoms with Crippen LogP contribution in [-0.4, -0.2) is 69.1 Å². The van der Waals surface area contributed by atoms with E-state index in [2.05, 4.69) is 9.97 Å². The zero-order valence-electron chi connectivity index (χ0n) is 8.51. The van der Waals surface area contributed by atoms with E-state index >= 15 is 0 Å². The number of hydrogen-bond donors (Lipinski definition) is 0. The fourth-order valence-electron chi connectivity index (χ4n) is 1.03. The number of nitrogens with zero attached hydrogens (tertiary/aromatic N) is 2. The predicted octanol–water partition coefficient (Wildman–Crippen LogP) is 1.38. The first-order chi connectivity index (χ1) is 5.97. The Kier molecular flexibility index (Phi) is 7.74. The van der Waals surface area contributed by atoms with Crippen LogP contribution in [-0.2, 0) is 0 Å². The van der Waals surface area contributed by atoms with Crippen molar-refractivity contribution >= 4 is 59.1 Å². The molecule has 0 unspecified atom stereocenters. The van der Waals surface area contributed by atoms with Gasteiger partial charge in [-0.05, 0) is 24.3 Å². The van der Waals surface area contributed by atoms with Crippen molar-refractivity contribution in [1.29, 1.82) is 0 Å². The molecule has 0 aromatic carbocycles. The topological polar surface area (TPSA) is 25.8 Å². The first kappa shape index (κ1) is 14.3. The molecule has 0 spiro atoms. The Morgan fingerprint density at radius 3 is 1.36 bits per heavy atom. The van der Waals surface area contributed by atoms with Crippen LogP contribution in [0.1, 0.15) is 0 Å². The zero-order chi connectivity index (χ0) is 8.23. The van der Waals surface area contributed by atoms with Gasteiger partial charge in [-0.1, -0.05) is 12.1 Å². The molecule has 0 amide bonds. The monoisotopic (exact) mass is 202 g/mol. The Labute approximate surface area is 128 Å². The van der Waals surface area contributed by atoms with Crippen molar-refractivity contribution < 1.29 is 0 Å². The molecule has 0 fully saturated rings. The average Bonchev–Trinajstić information content (AvgIpc) is 2.21. The SMILES string of the molecule is [Na].[Na].c1ccc(-c2ccccn2)nc1. The fraction of sp³-hybridized carbons (Fsp3) is 0. The summed E-state index contributed by atoms with van der Waals surface area (Å²) in [6.07, 6.45) is 3.54. The van der Waals surface area contributed by atoms with Crippen LogP contribution in [0.4, 0.5) is 0 Å². The van der Waals surface area contributed by atoms with E-state index < -0.39 is 0 Å². The van der Waals surface area contributed by atoms with Crippen LogP contribution in [0.15, 0.2) is 48.8 Å². The van der Waals surface area contributed by atoms with Gasteiger partial charge in [-0.25, -0.2) is 0 Å². The molecule has 2 aromatic rings. The van der Waals surface area contributed by atoms with Gasteiger partial charge in [0, 0.05) is 71.5 Å². The first-order valence-electron chi connectivity index (χ1n) is 3.79. The van der Waals surface area contributed by atoms with Gasteiger partial charge in [0.2, 0.25) is 0 Å². The van der Waals surface area contributed by atoms with Crippen LogP contribution in [0.3, 0.4) is 0 Å². The maximum Gasteiger partial charge on any atom is 0.0886 e. The van der Waals surface area contributed by atoms with Crippen molar-refractivity contribution in [2.24, 2.45) is 0 Å². The minimum atomic E-state index is 0. The summed E-state index contributed by atoms with van der Waals surface area (Å²) in [5.41, 5.74) is 1.83. The minimum absolute atomic E-state index is 0. The maximum atomic E-state index is 4.19. The van der Waals surface area contributed by atoms with Crippen molar-refractivity contribution in [3.63, 3.8) is 0 Å². The summed E-state index contributed by atoms with van der Waals surface area (Å²) in [5, 5.41) is 0. The third kappa shape index (κ3) is 3.81. The normalized spacial score (nSPS) is 8.29. The van der Waals surface area contributed by atoms with E-state index in [1.165, 1.54) is 0 Å². The van der Waals surface area contributed by atoms with E-state index in [0.717, 1.165) is 11.4 Å². The molecule has 2 aromatic heterocycles. The van der Waals surface area contributed by atoms with E-state index in [0.29, 0.717) is 0 Å². The van der Waals surface area contributed by atoms with E-state index in [1.54, 1.807) is 12.4 Å². The standard InChI is InChI=1S/C10H8N2.2Na/c1-3-7-11-9(5-1)10-6-2-4-8-12-10;;/h1-8H;;. The second kappa shape index (κ2) is 7.57. The number of hydrogen-bond acceptors (Lipinski definition) is 2. The summed E-state index contributed by atoms with van der Waals surface area (Å²) in [6.45, 7) is 0. The van der Waals surface area contributed by atoms with Crippen molar-refractivity contribution in [3.8, 4) is 11.4 Å². The molecular formula is C10H8N2Na2. The van der Waals surface area contributed by atoms with Gasteiger partial charge in [0.05, 0.1) is 11.4 Å². The Balaban J connectivity index is 0.000000845. The summed E-state index contributed by atoms with van der Waals surface area (Å²) in [4.78, 5) is 8.37. The van der Waals surface area contributed by atoms with E-state index in [-0.39, 0.29) is 59.1 Å². The van der Waals surface area contributed by atoms with E-state index in [4.69, 9.17) is 0 Å². The van der Waals surface area contributed by atoms with Crippen LogP contribution in [0.25, 0.3) is 11.4 Å². The van der Waals surface area contributed by atoms with Gasteiger partial charge in [-0.2, -0.15) is 0 Å². The number of pyridine rings is 2. The number of rotatable bonds is 1. The van der Waals surface area contributed by atoms with Crippen LogP contribution in [0.2, 0.25) is 0 Å². The Morgan fingerprint density at radius 2 is 1.07 bits per heavy atom. The fourth-order valence-corrected chi connectivity index (χ4v) is 1.03. The van der Waals surface area contributed by atoms with Gasteiger partial charge in [0.1, 0.15) is 0 Å². The summed E-state index contributed by atoms with van der Waals surface area (Å²) in [7, 11) is 0. The van der Waals surface area contributed by atoms with Crippen LogP contribution in [0.5, 0.6) is 0 Å². The van der Waals surface area contributed by atoms with Crippen molar-refractivity contribution in [1.82, 2.24) is 9.97 Å². The largest absolute Gasteiger partial charge is 0.255 e. The predicted molar refractivity (Wildman–Crippen MR) is 59.0 cm³/mol. The smallest absolute Gasteiger partial charge is 0.0886 e. The third-order valence-electron chi connectivity index (χ3n) is 1.59. The van der Waals surface area contributed by atoms with Crippen LogP contribution >= 0.6 is 0 Å². The van der Waals surface area contributed by atoms with Crippen molar-refractivity contribution in [3.05, 3.63) is 48.8 Å². The molecule has 2 nitrogen and oxygen atoms in total. The van der Waals surface area contributed by atoms with Crippen molar-refractivity contribution in [2.45, 2.75) is 0 Å². The Hall–Kier alpha value is 0.300. The molecule has 0 saturated carbocycles. The van der Waals surface area contributed by atoms with Gasteiger partial charge >= 0.3 is 0 Å². The molecule has 2 rings (SSSR count).